The zero-order valence-electron chi connectivity index (χ0n) is 7.04. The maximum Gasteiger partial charge on any atom is 0.148 e. The first-order valence-electron chi connectivity index (χ1n) is 3.89. The van der Waals surface area contributed by atoms with Crippen molar-refractivity contribution in [3.05, 3.63) is 29.8 Å². The van der Waals surface area contributed by atoms with Gasteiger partial charge in [0.05, 0.1) is 0 Å². The quantitative estimate of drug-likeness (QED) is 0.620. The Bertz CT molecular complexity index is 233. The normalized spacial score (nSPS) is 12.6. The SMILES string of the molecule is C[B]c1ccccc1[C@H](C)N. The van der Waals surface area contributed by atoms with E-state index >= 15 is 0 Å². The topological polar surface area (TPSA) is 26.0 Å². The Hall–Kier alpha value is -0.755. The molecular formula is C9H13BN. The molecule has 0 aliphatic rings. The van der Waals surface area contributed by atoms with Crippen molar-refractivity contribution in [3.63, 3.8) is 0 Å². The van der Waals surface area contributed by atoms with Crippen molar-refractivity contribution in [1.82, 2.24) is 0 Å². The summed E-state index contributed by atoms with van der Waals surface area (Å²) in [5.41, 5.74) is 8.23. The molecule has 0 bridgehead atoms. The molecule has 1 aromatic carbocycles. The molecule has 0 fully saturated rings. The second-order valence-electron chi connectivity index (χ2n) is 2.71. The lowest BCUT2D eigenvalue weighted by molar-refractivity contribution is 0.824. The van der Waals surface area contributed by atoms with Crippen molar-refractivity contribution in [2.75, 3.05) is 0 Å². The maximum atomic E-state index is 5.77. The van der Waals surface area contributed by atoms with Gasteiger partial charge >= 0.3 is 0 Å². The van der Waals surface area contributed by atoms with Gasteiger partial charge in [-0.2, -0.15) is 0 Å². The highest BCUT2D eigenvalue weighted by Gasteiger charge is 2.02. The van der Waals surface area contributed by atoms with E-state index in [2.05, 4.69) is 19.4 Å². The number of hydrogen-bond donors (Lipinski definition) is 1. The van der Waals surface area contributed by atoms with Crippen LogP contribution in [0, 0.1) is 0 Å². The van der Waals surface area contributed by atoms with Crippen LogP contribution in [0.4, 0.5) is 0 Å². The van der Waals surface area contributed by atoms with Crippen LogP contribution in [0.5, 0.6) is 0 Å². The standard InChI is InChI=1S/C9H13BN/c1-7(11)8-5-3-4-6-9(8)10-2/h3-7H,11H2,1-2H3/t7-/m0/s1. The van der Waals surface area contributed by atoms with E-state index in [-0.39, 0.29) is 6.04 Å². The fraction of sp³-hybridized carbons (Fsp3) is 0.333. The van der Waals surface area contributed by atoms with Crippen molar-refractivity contribution >= 4 is 12.7 Å². The van der Waals surface area contributed by atoms with Crippen molar-refractivity contribution in [3.8, 4) is 0 Å². The van der Waals surface area contributed by atoms with Crippen molar-refractivity contribution < 1.29 is 0 Å². The molecule has 0 aliphatic heterocycles. The lowest BCUT2D eigenvalue weighted by Gasteiger charge is -2.09. The zero-order chi connectivity index (χ0) is 8.27. The van der Waals surface area contributed by atoms with E-state index in [9.17, 15) is 0 Å². The fourth-order valence-corrected chi connectivity index (χ4v) is 1.19. The summed E-state index contributed by atoms with van der Waals surface area (Å²) in [5, 5.41) is 0. The van der Waals surface area contributed by atoms with Crippen LogP contribution in [0.25, 0.3) is 0 Å². The van der Waals surface area contributed by atoms with Gasteiger partial charge in [-0.05, 0) is 12.5 Å². The van der Waals surface area contributed by atoms with Gasteiger partial charge in [-0.1, -0.05) is 36.6 Å². The lowest BCUT2D eigenvalue weighted by atomic mass is 9.70. The molecule has 0 amide bonds. The fourth-order valence-electron chi connectivity index (χ4n) is 1.19. The molecule has 1 radical (unpaired) electrons. The molecule has 1 nitrogen and oxygen atoms in total. The number of nitrogens with two attached hydrogens (primary N) is 1. The van der Waals surface area contributed by atoms with Gasteiger partial charge in [0, 0.05) is 6.04 Å². The van der Waals surface area contributed by atoms with Gasteiger partial charge in [0.25, 0.3) is 0 Å². The Morgan fingerprint density at radius 1 is 1.36 bits per heavy atom. The van der Waals surface area contributed by atoms with Crippen LogP contribution >= 0.6 is 0 Å². The monoisotopic (exact) mass is 146 g/mol. The van der Waals surface area contributed by atoms with E-state index in [4.69, 9.17) is 5.73 Å². The molecule has 0 spiro atoms. The van der Waals surface area contributed by atoms with Gasteiger partial charge in [0.15, 0.2) is 0 Å². The highest BCUT2D eigenvalue weighted by molar-refractivity contribution is 6.52. The van der Waals surface area contributed by atoms with Crippen LogP contribution in [0.1, 0.15) is 18.5 Å². The summed E-state index contributed by atoms with van der Waals surface area (Å²) in [5.74, 6) is 0. The highest BCUT2D eigenvalue weighted by atomic mass is 14.6. The van der Waals surface area contributed by atoms with E-state index in [1.165, 1.54) is 11.0 Å². The lowest BCUT2D eigenvalue weighted by Crippen LogP contribution is -2.21. The zero-order valence-corrected chi connectivity index (χ0v) is 7.04. The minimum Gasteiger partial charge on any atom is -0.324 e. The third-order valence-corrected chi connectivity index (χ3v) is 1.80. The molecule has 1 atom stereocenters. The van der Waals surface area contributed by atoms with Gasteiger partial charge in [0.2, 0.25) is 0 Å². The van der Waals surface area contributed by atoms with E-state index in [1.54, 1.807) is 0 Å². The first-order valence-corrected chi connectivity index (χ1v) is 3.89. The van der Waals surface area contributed by atoms with Gasteiger partial charge in [-0.15, -0.1) is 0 Å². The predicted molar refractivity (Wildman–Crippen MR) is 50.3 cm³/mol. The Morgan fingerprint density at radius 3 is 2.45 bits per heavy atom. The first kappa shape index (κ1) is 8.34. The summed E-state index contributed by atoms with van der Waals surface area (Å²) in [6, 6.07) is 8.33. The predicted octanol–water partition coefficient (Wildman–Crippen LogP) is 1.08. The minimum atomic E-state index is 0.127. The molecule has 0 aromatic heterocycles. The molecule has 11 heavy (non-hydrogen) atoms. The Balaban J connectivity index is 3.02. The third kappa shape index (κ3) is 1.84. The summed E-state index contributed by atoms with van der Waals surface area (Å²) in [6.45, 7) is 4.03. The molecule has 1 rings (SSSR count). The third-order valence-electron chi connectivity index (χ3n) is 1.80. The molecule has 2 heteroatoms. The Labute approximate surface area is 68.9 Å². The smallest absolute Gasteiger partial charge is 0.148 e. The number of hydrogen-bond acceptors (Lipinski definition) is 1. The van der Waals surface area contributed by atoms with Crippen LogP contribution in [-0.4, -0.2) is 7.28 Å². The first-order chi connectivity index (χ1) is 5.25. The van der Waals surface area contributed by atoms with Crippen LogP contribution in [0.2, 0.25) is 6.82 Å². The van der Waals surface area contributed by atoms with Crippen molar-refractivity contribution in [1.29, 1.82) is 0 Å². The molecule has 0 saturated carbocycles. The molecule has 57 valence electrons. The second-order valence-corrected chi connectivity index (χ2v) is 2.71. The molecule has 2 N–H and O–H groups in total. The summed E-state index contributed by atoms with van der Waals surface area (Å²) < 4.78 is 0. The molecule has 0 unspecified atom stereocenters. The highest BCUT2D eigenvalue weighted by Crippen LogP contribution is 2.04. The van der Waals surface area contributed by atoms with Crippen LogP contribution in [0.3, 0.4) is 0 Å². The number of rotatable bonds is 2. The Kier molecular flexibility index (Phi) is 2.72. The van der Waals surface area contributed by atoms with Crippen molar-refractivity contribution in [2.45, 2.75) is 19.8 Å². The van der Waals surface area contributed by atoms with E-state index in [0.717, 1.165) is 0 Å². The second kappa shape index (κ2) is 3.58. The average Bonchev–Trinajstić information content (AvgIpc) is 2.04. The van der Waals surface area contributed by atoms with Crippen molar-refractivity contribution in [2.24, 2.45) is 5.73 Å². The molecule has 0 heterocycles. The van der Waals surface area contributed by atoms with E-state index < -0.39 is 0 Å². The van der Waals surface area contributed by atoms with Gasteiger partial charge in [-0.3, -0.25) is 0 Å². The van der Waals surface area contributed by atoms with Crippen LogP contribution in [-0.2, 0) is 0 Å². The Morgan fingerprint density at radius 2 is 2.00 bits per heavy atom. The van der Waals surface area contributed by atoms with Crippen LogP contribution in [0.15, 0.2) is 24.3 Å². The maximum absolute atomic E-state index is 5.77. The van der Waals surface area contributed by atoms with E-state index in [0.29, 0.717) is 0 Å². The minimum absolute atomic E-state index is 0.127. The largest absolute Gasteiger partial charge is 0.324 e. The summed E-state index contributed by atoms with van der Waals surface area (Å²) in [7, 11) is 2.08. The van der Waals surface area contributed by atoms with Gasteiger partial charge in [-0.25, -0.2) is 0 Å². The summed E-state index contributed by atoms with van der Waals surface area (Å²) >= 11 is 0. The molecular weight excluding hydrogens is 133 g/mol. The van der Waals surface area contributed by atoms with Crippen LogP contribution < -0.4 is 11.2 Å². The molecule has 1 aromatic rings. The molecule has 0 aliphatic carbocycles. The van der Waals surface area contributed by atoms with E-state index in [1.807, 2.05) is 25.9 Å². The molecule has 0 saturated heterocycles. The summed E-state index contributed by atoms with van der Waals surface area (Å²) in [6.07, 6.45) is 0. The average molecular weight is 146 g/mol. The summed E-state index contributed by atoms with van der Waals surface area (Å²) in [4.78, 5) is 0. The van der Waals surface area contributed by atoms with Gasteiger partial charge in [0.1, 0.15) is 7.28 Å². The number of benzene rings is 1. The van der Waals surface area contributed by atoms with Gasteiger partial charge < -0.3 is 5.73 Å².